The molecule has 7 nitrogen and oxygen atoms in total. The average Bonchev–Trinajstić information content (AvgIpc) is 3.44. The van der Waals surface area contributed by atoms with Crippen LogP contribution in [0.15, 0.2) is 48.6 Å². The summed E-state index contributed by atoms with van der Waals surface area (Å²) < 4.78 is 5.54. The highest BCUT2D eigenvalue weighted by Gasteiger charge is 2.37. The van der Waals surface area contributed by atoms with Crippen LogP contribution in [0.1, 0.15) is 168 Å². The van der Waals surface area contributed by atoms with Crippen molar-refractivity contribution in [3.63, 3.8) is 0 Å². The van der Waals surface area contributed by atoms with Gasteiger partial charge >= 0.3 is 5.97 Å². The molecule has 1 aliphatic heterocycles. The number of nitrogens with zero attached hydrogens (tertiary/aromatic N) is 1. The van der Waals surface area contributed by atoms with Gasteiger partial charge in [0.15, 0.2) is 0 Å². The third-order valence-electron chi connectivity index (χ3n) is 9.44. The zero-order chi connectivity index (χ0) is 36.3. The topological polar surface area (TPSA) is 99.1 Å². The van der Waals surface area contributed by atoms with E-state index in [4.69, 9.17) is 4.74 Å². The van der Waals surface area contributed by atoms with E-state index < -0.39 is 18.2 Å². The maximum atomic E-state index is 13.1. The van der Waals surface area contributed by atoms with Crippen molar-refractivity contribution in [2.45, 2.75) is 186 Å². The zero-order valence-electron chi connectivity index (χ0n) is 32.2. The molecule has 288 valence electrons. The number of nitrogens with one attached hydrogen (secondary N) is 1. The molecule has 0 saturated carbocycles. The molecule has 0 aromatic heterocycles. The van der Waals surface area contributed by atoms with Gasteiger partial charge in [0.25, 0.3) is 0 Å². The van der Waals surface area contributed by atoms with Crippen molar-refractivity contribution in [3.8, 4) is 0 Å². The van der Waals surface area contributed by atoms with Crippen LogP contribution in [-0.2, 0) is 14.3 Å². The number of allylic oxidation sites excluding steroid dienone is 8. The minimum Gasteiger partial charge on any atom is -0.463 e. The van der Waals surface area contributed by atoms with Gasteiger partial charge in [-0.2, -0.15) is 0 Å². The molecule has 7 heteroatoms. The van der Waals surface area contributed by atoms with E-state index in [1.165, 1.54) is 83.5 Å². The van der Waals surface area contributed by atoms with Crippen LogP contribution >= 0.6 is 0 Å². The summed E-state index contributed by atoms with van der Waals surface area (Å²) in [4.78, 5) is 27.3. The van der Waals surface area contributed by atoms with Crippen LogP contribution in [0.25, 0.3) is 0 Å². The summed E-state index contributed by atoms with van der Waals surface area (Å²) in [5.74, 6) is -0.498. The predicted octanol–water partition coefficient (Wildman–Crippen LogP) is 9.68. The highest BCUT2D eigenvalue weighted by Crippen LogP contribution is 2.16. The molecule has 0 radical (unpaired) electrons. The van der Waals surface area contributed by atoms with E-state index >= 15 is 0 Å². The lowest BCUT2D eigenvalue weighted by Gasteiger charge is -2.26. The number of unbranched alkanes of at least 4 members (excludes halogenated alkanes) is 17. The molecular formula is C43H76N2O5. The Morgan fingerprint density at radius 2 is 1.06 bits per heavy atom. The number of esters is 1. The number of carbonyl (C=O) groups is 2. The lowest BCUT2D eigenvalue weighted by atomic mass is 10.1. The van der Waals surface area contributed by atoms with Crippen molar-refractivity contribution < 1.29 is 24.5 Å². The molecule has 0 spiro atoms. The average molecular weight is 701 g/mol. The van der Waals surface area contributed by atoms with E-state index in [1.54, 1.807) is 4.90 Å². The maximum Gasteiger partial charge on any atom is 0.305 e. The van der Waals surface area contributed by atoms with Gasteiger partial charge in [-0.15, -0.1) is 0 Å². The molecule has 3 N–H and O–H groups in total. The molecule has 0 aromatic carbocycles. The number of ether oxygens (including phenoxy) is 1. The first-order valence-corrected chi connectivity index (χ1v) is 20.6. The molecule has 1 rings (SSSR count). The van der Waals surface area contributed by atoms with E-state index in [1.807, 2.05) is 0 Å². The van der Waals surface area contributed by atoms with Gasteiger partial charge in [-0.05, 0) is 70.6 Å². The Bertz CT molecular complexity index is 920. The largest absolute Gasteiger partial charge is 0.463 e. The lowest BCUT2D eigenvalue weighted by Crippen LogP contribution is -2.49. The van der Waals surface area contributed by atoms with Crippen LogP contribution in [-0.4, -0.2) is 71.5 Å². The van der Waals surface area contributed by atoms with Gasteiger partial charge in [-0.1, -0.05) is 140 Å². The third-order valence-corrected chi connectivity index (χ3v) is 9.44. The van der Waals surface area contributed by atoms with Crippen molar-refractivity contribution >= 4 is 11.9 Å². The Balaban J connectivity index is 2.16. The number of carbonyl (C=O) groups excluding carboxylic acids is 2. The van der Waals surface area contributed by atoms with Crippen LogP contribution in [0.4, 0.5) is 0 Å². The third kappa shape index (κ3) is 26.6. The Morgan fingerprint density at radius 3 is 1.58 bits per heavy atom. The molecule has 1 heterocycles. The first kappa shape index (κ1) is 45.8. The van der Waals surface area contributed by atoms with Gasteiger partial charge in [0.2, 0.25) is 5.91 Å². The van der Waals surface area contributed by atoms with Crippen molar-refractivity contribution in [3.05, 3.63) is 48.6 Å². The minimum absolute atomic E-state index is 0.0597. The number of hydrogen-bond acceptors (Lipinski definition) is 6. The number of aliphatic hydroxyl groups is 2. The molecule has 1 fully saturated rings. The summed E-state index contributed by atoms with van der Waals surface area (Å²) in [6.45, 7) is 5.35. The molecule has 0 aliphatic carbocycles. The molecule has 1 amide bonds. The summed E-state index contributed by atoms with van der Waals surface area (Å²) in [6.07, 6.45) is 43.2. The fourth-order valence-corrected chi connectivity index (χ4v) is 6.15. The Labute approximate surface area is 307 Å². The second-order valence-electron chi connectivity index (χ2n) is 14.1. The van der Waals surface area contributed by atoms with Crippen LogP contribution in [0.5, 0.6) is 0 Å². The number of rotatable bonds is 33. The normalized spacial score (nSPS) is 17.6. The Kier molecular flexibility index (Phi) is 31.1. The van der Waals surface area contributed by atoms with E-state index in [0.717, 1.165) is 64.2 Å². The SMILES string of the molecule is CCCC/C=C\C/C=C\CCCCCCCCC(=O)OCC(C(=O)NCCCCCCCC/C=C\C/C=C\CCCCC)N1CC(O)C(O)C1. The number of likely N-dealkylation sites (tertiary alicyclic amines) is 1. The van der Waals surface area contributed by atoms with Crippen LogP contribution in [0.3, 0.4) is 0 Å². The van der Waals surface area contributed by atoms with E-state index in [0.29, 0.717) is 13.0 Å². The summed E-state index contributed by atoms with van der Waals surface area (Å²) in [6, 6.07) is -0.707. The van der Waals surface area contributed by atoms with Crippen LogP contribution < -0.4 is 5.32 Å². The summed E-state index contributed by atoms with van der Waals surface area (Å²) in [7, 11) is 0. The monoisotopic (exact) mass is 701 g/mol. The van der Waals surface area contributed by atoms with Crippen molar-refractivity contribution in [2.24, 2.45) is 0 Å². The van der Waals surface area contributed by atoms with Gasteiger partial charge in [0.05, 0.1) is 12.2 Å². The summed E-state index contributed by atoms with van der Waals surface area (Å²) in [5.41, 5.74) is 0. The molecule has 1 aliphatic rings. The fourth-order valence-electron chi connectivity index (χ4n) is 6.15. The van der Waals surface area contributed by atoms with Crippen molar-refractivity contribution in [1.29, 1.82) is 0 Å². The molecule has 0 bridgehead atoms. The molecule has 3 atom stereocenters. The first-order chi connectivity index (χ1) is 24.5. The molecule has 1 saturated heterocycles. The van der Waals surface area contributed by atoms with Gasteiger partial charge in [0, 0.05) is 26.1 Å². The van der Waals surface area contributed by atoms with Gasteiger partial charge < -0.3 is 20.3 Å². The van der Waals surface area contributed by atoms with Crippen molar-refractivity contribution in [2.75, 3.05) is 26.2 Å². The number of aliphatic hydroxyl groups excluding tert-OH is 2. The number of amides is 1. The maximum absolute atomic E-state index is 13.1. The molecule has 50 heavy (non-hydrogen) atoms. The van der Waals surface area contributed by atoms with Gasteiger partial charge in [-0.3, -0.25) is 14.5 Å². The zero-order valence-corrected chi connectivity index (χ0v) is 32.2. The number of hydrogen-bond donors (Lipinski definition) is 3. The summed E-state index contributed by atoms with van der Waals surface area (Å²) >= 11 is 0. The second kappa shape index (κ2) is 33.9. The summed E-state index contributed by atoms with van der Waals surface area (Å²) in [5, 5.41) is 23.1. The second-order valence-corrected chi connectivity index (χ2v) is 14.1. The van der Waals surface area contributed by atoms with Crippen molar-refractivity contribution in [1.82, 2.24) is 10.2 Å². The smallest absolute Gasteiger partial charge is 0.305 e. The van der Waals surface area contributed by atoms with E-state index in [9.17, 15) is 19.8 Å². The van der Waals surface area contributed by atoms with Crippen LogP contribution in [0, 0.1) is 0 Å². The van der Waals surface area contributed by atoms with E-state index in [-0.39, 0.29) is 31.6 Å². The Morgan fingerprint density at radius 1 is 0.620 bits per heavy atom. The lowest BCUT2D eigenvalue weighted by molar-refractivity contribution is -0.147. The quantitative estimate of drug-likeness (QED) is 0.0358. The van der Waals surface area contributed by atoms with Crippen LogP contribution in [0.2, 0.25) is 0 Å². The predicted molar refractivity (Wildman–Crippen MR) is 210 cm³/mol. The standard InChI is InChI=1S/C43H76N2O5/c1-3-5-7-9-11-13-15-17-19-21-23-25-27-29-31-33-35-44-43(49)39(45-36-40(46)41(47)37-45)38-50-42(48)34-32-30-28-26-24-22-20-18-16-14-12-10-8-6-4-2/h10-13,16-19,39-41,46-47H,3-9,14-15,20-38H2,1-2H3,(H,44,49)/b12-10-,13-11-,18-16-,19-17-. The van der Waals surface area contributed by atoms with E-state index in [2.05, 4.69) is 67.8 Å². The fraction of sp³-hybridized carbons (Fsp3) is 0.767. The van der Waals surface area contributed by atoms with Gasteiger partial charge in [0.1, 0.15) is 12.6 Å². The minimum atomic E-state index is -0.901. The molecule has 3 unspecified atom stereocenters. The molecule has 0 aromatic rings. The Hall–Kier alpha value is -2.22. The highest BCUT2D eigenvalue weighted by atomic mass is 16.5. The van der Waals surface area contributed by atoms with Gasteiger partial charge in [-0.25, -0.2) is 0 Å². The molecular weight excluding hydrogens is 624 g/mol. The first-order valence-electron chi connectivity index (χ1n) is 20.6. The number of β-amino-alcohol motifs (C(OH)–C–C–N with tert-alkyl or cyclic N) is 2. The highest BCUT2D eigenvalue weighted by molar-refractivity contribution is 5.82.